The molecule has 0 amide bonds. The van der Waals surface area contributed by atoms with Crippen molar-refractivity contribution in [2.75, 3.05) is 26.2 Å². The number of hydrogen-bond donors (Lipinski definition) is 4. The number of rotatable bonds is 21. The number of aromatic nitrogens is 6. The van der Waals surface area contributed by atoms with Crippen molar-refractivity contribution in [2.45, 2.75) is 90.4 Å². The average Bonchev–Trinajstić information content (AvgIpc) is 3.43. The summed E-state index contributed by atoms with van der Waals surface area (Å²) < 4.78 is 3.60. The molecule has 0 unspecified atom stereocenters. The average molecular weight is 449 g/mol. The minimum Gasteiger partial charge on any atom is -0.329 e. The molecule has 0 aliphatic heterocycles. The monoisotopic (exact) mass is 448 g/mol. The van der Waals surface area contributed by atoms with Gasteiger partial charge in [-0.1, -0.05) is 61.8 Å². The maximum absolute atomic E-state index is 5.52. The summed E-state index contributed by atoms with van der Waals surface area (Å²) in [5.74, 6) is 0. The van der Waals surface area contributed by atoms with Crippen molar-refractivity contribution >= 4 is 0 Å². The maximum atomic E-state index is 5.52. The molecule has 0 aliphatic carbocycles. The largest absolute Gasteiger partial charge is 0.329 e. The topological polar surface area (TPSA) is 138 Å². The number of nitrogens with zero attached hydrogens (tertiary/aromatic N) is 6. The molecule has 0 atom stereocenters. The lowest BCUT2D eigenvalue weighted by atomic mass is 10.1. The number of unbranched alkanes of at least 4 members (excludes halogenated alkanes) is 9. The second kappa shape index (κ2) is 17.6. The van der Waals surface area contributed by atoms with Crippen LogP contribution in [0, 0.1) is 0 Å². The summed E-state index contributed by atoms with van der Waals surface area (Å²) in [5, 5.41) is 23.3. The Labute approximate surface area is 192 Å². The fourth-order valence-electron chi connectivity index (χ4n) is 3.67. The summed E-state index contributed by atoms with van der Waals surface area (Å²) in [6, 6.07) is 0. The third kappa shape index (κ3) is 12.2. The van der Waals surface area contributed by atoms with Crippen LogP contribution in [0.5, 0.6) is 0 Å². The van der Waals surface area contributed by atoms with Gasteiger partial charge in [0.05, 0.1) is 24.5 Å². The van der Waals surface area contributed by atoms with E-state index < -0.39 is 0 Å². The third-order valence-electron chi connectivity index (χ3n) is 5.46. The highest BCUT2D eigenvalue weighted by molar-refractivity contribution is 4.92. The minimum atomic E-state index is 0.594. The molecule has 10 nitrogen and oxygen atoms in total. The molecule has 10 heteroatoms. The molecular formula is C22H44N10. The predicted molar refractivity (Wildman–Crippen MR) is 128 cm³/mol. The van der Waals surface area contributed by atoms with E-state index in [0.717, 1.165) is 50.7 Å². The Morgan fingerprint density at radius 3 is 1.34 bits per heavy atom. The van der Waals surface area contributed by atoms with Crippen molar-refractivity contribution in [1.29, 1.82) is 0 Å². The van der Waals surface area contributed by atoms with E-state index in [-0.39, 0.29) is 0 Å². The van der Waals surface area contributed by atoms with Crippen LogP contribution >= 0.6 is 0 Å². The van der Waals surface area contributed by atoms with Gasteiger partial charge in [0.15, 0.2) is 0 Å². The van der Waals surface area contributed by atoms with Gasteiger partial charge in [-0.25, -0.2) is 0 Å². The molecule has 2 heterocycles. The predicted octanol–water partition coefficient (Wildman–Crippen LogP) is 1.57. The van der Waals surface area contributed by atoms with Crippen molar-refractivity contribution in [3.8, 4) is 0 Å². The zero-order valence-corrected chi connectivity index (χ0v) is 19.7. The second-order valence-electron chi connectivity index (χ2n) is 8.41. The molecule has 0 fully saturated rings. The van der Waals surface area contributed by atoms with E-state index >= 15 is 0 Å². The van der Waals surface area contributed by atoms with Crippen LogP contribution in [-0.4, -0.2) is 56.2 Å². The van der Waals surface area contributed by atoms with Gasteiger partial charge in [0.2, 0.25) is 0 Å². The molecule has 32 heavy (non-hydrogen) atoms. The number of hydrogen-bond acceptors (Lipinski definition) is 8. The first kappa shape index (κ1) is 26.4. The van der Waals surface area contributed by atoms with E-state index in [1.165, 1.54) is 64.2 Å². The van der Waals surface area contributed by atoms with E-state index in [1.54, 1.807) is 9.36 Å². The summed E-state index contributed by atoms with van der Waals surface area (Å²) in [7, 11) is 0. The van der Waals surface area contributed by atoms with Crippen LogP contribution in [0.4, 0.5) is 0 Å². The van der Waals surface area contributed by atoms with E-state index in [4.69, 9.17) is 11.5 Å². The Kier molecular flexibility index (Phi) is 14.5. The van der Waals surface area contributed by atoms with E-state index in [2.05, 4.69) is 31.3 Å². The highest BCUT2D eigenvalue weighted by Crippen LogP contribution is 2.10. The first-order valence-electron chi connectivity index (χ1n) is 12.4. The van der Waals surface area contributed by atoms with Crippen molar-refractivity contribution in [3.05, 3.63) is 23.8 Å². The molecule has 0 aromatic carbocycles. The van der Waals surface area contributed by atoms with Crippen LogP contribution in [0.3, 0.4) is 0 Å². The Hall–Kier alpha value is -1.88. The smallest absolute Gasteiger partial charge is 0.0964 e. The maximum Gasteiger partial charge on any atom is 0.0964 e. The van der Waals surface area contributed by atoms with Crippen molar-refractivity contribution in [3.63, 3.8) is 0 Å². The van der Waals surface area contributed by atoms with Gasteiger partial charge in [0.1, 0.15) is 0 Å². The normalized spacial score (nSPS) is 11.4. The van der Waals surface area contributed by atoms with Crippen LogP contribution in [0.15, 0.2) is 12.4 Å². The Morgan fingerprint density at radius 1 is 0.594 bits per heavy atom. The fourth-order valence-corrected chi connectivity index (χ4v) is 3.67. The number of nitrogens with one attached hydrogen (secondary N) is 2. The molecule has 2 aromatic rings. The SMILES string of the molecule is NCCn1cc(CNCCCCCCCCCCCCNCc2cn(CCN)nn2)nn1. The summed E-state index contributed by atoms with van der Waals surface area (Å²) in [6.07, 6.45) is 17.1. The summed E-state index contributed by atoms with van der Waals surface area (Å²) in [4.78, 5) is 0. The van der Waals surface area contributed by atoms with Gasteiger partial charge >= 0.3 is 0 Å². The molecule has 0 saturated heterocycles. The van der Waals surface area contributed by atoms with Gasteiger partial charge in [-0.05, 0) is 25.9 Å². The quantitative estimate of drug-likeness (QED) is 0.211. The van der Waals surface area contributed by atoms with Crippen LogP contribution in [0.2, 0.25) is 0 Å². The summed E-state index contributed by atoms with van der Waals surface area (Å²) >= 11 is 0. The van der Waals surface area contributed by atoms with Gasteiger partial charge in [-0.2, -0.15) is 0 Å². The molecule has 2 rings (SSSR count). The molecule has 6 N–H and O–H groups in total. The van der Waals surface area contributed by atoms with Gasteiger partial charge in [-0.3, -0.25) is 9.36 Å². The molecular weight excluding hydrogens is 404 g/mol. The van der Waals surface area contributed by atoms with Crippen molar-refractivity contribution in [1.82, 2.24) is 40.6 Å². The molecule has 0 spiro atoms. The number of nitrogens with two attached hydrogens (primary N) is 2. The van der Waals surface area contributed by atoms with E-state index in [1.807, 2.05) is 12.4 Å². The molecule has 0 bridgehead atoms. The Morgan fingerprint density at radius 2 is 0.969 bits per heavy atom. The van der Waals surface area contributed by atoms with Gasteiger partial charge in [0, 0.05) is 38.6 Å². The summed E-state index contributed by atoms with van der Waals surface area (Å²) in [6.45, 7) is 6.31. The Balaban J connectivity index is 1.27. The highest BCUT2D eigenvalue weighted by Gasteiger charge is 2.01. The zero-order chi connectivity index (χ0) is 22.7. The lowest BCUT2D eigenvalue weighted by molar-refractivity contribution is 0.532. The highest BCUT2D eigenvalue weighted by atomic mass is 15.4. The lowest BCUT2D eigenvalue weighted by Crippen LogP contribution is -2.15. The fraction of sp³-hybridized carbons (Fsp3) is 0.818. The van der Waals surface area contributed by atoms with Gasteiger partial charge < -0.3 is 22.1 Å². The van der Waals surface area contributed by atoms with Crippen LogP contribution in [0.1, 0.15) is 75.6 Å². The van der Waals surface area contributed by atoms with Crippen LogP contribution < -0.4 is 22.1 Å². The molecule has 0 aliphatic rings. The minimum absolute atomic E-state index is 0.594. The van der Waals surface area contributed by atoms with E-state index in [0.29, 0.717) is 13.1 Å². The molecule has 2 aromatic heterocycles. The standard InChI is InChI=1S/C22H44N10/c23-11-15-31-19-21(27-29-31)17-25-13-9-7-5-3-1-2-4-6-8-10-14-26-18-22-20-32(16-12-24)30-28-22/h19-20,25-26H,1-18,23-24H2. The third-order valence-corrected chi connectivity index (χ3v) is 5.46. The van der Waals surface area contributed by atoms with Gasteiger partial charge in [0.25, 0.3) is 0 Å². The first-order valence-corrected chi connectivity index (χ1v) is 12.4. The van der Waals surface area contributed by atoms with Crippen LogP contribution in [0.25, 0.3) is 0 Å². The van der Waals surface area contributed by atoms with Crippen LogP contribution in [-0.2, 0) is 26.2 Å². The van der Waals surface area contributed by atoms with Crippen molar-refractivity contribution < 1.29 is 0 Å². The summed E-state index contributed by atoms with van der Waals surface area (Å²) in [5.41, 5.74) is 13.0. The second-order valence-corrected chi connectivity index (χ2v) is 8.41. The zero-order valence-electron chi connectivity index (χ0n) is 19.7. The molecule has 0 radical (unpaired) electrons. The van der Waals surface area contributed by atoms with Crippen molar-refractivity contribution in [2.24, 2.45) is 11.5 Å². The van der Waals surface area contributed by atoms with Gasteiger partial charge in [-0.15, -0.1) is 10.2 Å². The van der Waals surface area contributed by atoms with E-state index in [9.17, 15) is 0 Å². The lowest BCUT2D eigenvalue weighted by Gasteiger charge is -2.04. The Bertz CT molecular complexity index is 626. The molecule has 182 valence electrons. The molecule has 0 saturated carbocycles. The first-order chi connectivity index (χ1) is 15.8.